The molecule has 0 radical (unpaired) electrons. The minimum atomic E-state index is -3.76. The molecule has 1 aromatic carbocycles. The predicted molar refractivity (Wildman–Crippen MR) is 69.2 cm³/mol. The molecular formula is C11H16N2O5S. The quantitative estimate of drug-likeness (QED) is 0.568. The molecule has 3 N–H and O–H groups in total. The number of benzene rings is 1. The lowest BCUT2D eigenvalue weighted by molar-refractivity contribution is -0.140. The van der Waals surface area contributed by atoms with Crippen molar-refractivity contribution >= 4 is 21.7 Å². The first-order valence-electron chi connectivity index (χ1n) is 5.40. The molecule has 106 valence electrons. The molecule has 0 bridgehead atoms. The second kappa shape index (κ2) is 6.39. The SMILES string of the molecule is COC(=O)CCNS(=O)(=O)c1ccc(OC)cc1N. The largest absolute Gasteiger partial charge is 0.497 e. The highest BCUT2D eigenvalue weighted by Gasteiger charge is 2.17. The number of nitrogens with two attached hydrogens (primary N) is 1. The zero-order valence-electron chi connectivity index (χ0n) is 10.7. The van der Waals surface area contributed by atoms with Crippen LogP contribution in [0.25, 0.3) is 0 Å². The van der Waals surface area contributed by atoms with E-state index in [1.807, 2.05) is 0 Å². The Morgan fingerprint density at radius 2 is 2.05 bits per heavy atom. The van der Waals surface area contributed by atoms with Crippen LogP contribution in [0, 0.1) is 0 Å². The molecule has 1 aromatic rings. The number of anilines is 1. The zero-order valence-corrected chi connectivity index (χ0v) is 11.5. The lowest BCUT2D eigenvalue weighted by atomic mass is 10.3. The Morgan fingerprint density at radius 1 is 1.37 bits per heavy atom. The van der Waals surface area contributed by atoms with E-state index in [1.54, 1.807) is 0 Å². The molecule has 19 heavy (non-hydrogen) atoms. The maximum Gasteiger partial charge on any atom is 0.306 e. The summed E-state index contributed by atoms with van der Waals surface area (Å²) in [5.41, 5.74) is 5.72. The molecule has 8 heteroatoms. The van der Waals surface area contributed by atoms with Crippen LogP contribution in [0.1, 0.15) is 6.42 Å². The molecule has 0 fully saturated rings. The van der Waals surface area contributed by atoms with Gasteiger partial charge in [0.1, 0.15) is 10.6 Å². The fourth-order valence-electron chi connectivity index (χ4n) is 1.37. The molecule has 0 saturated carbocycles. The van der Waals surface area contributed by atoms with E-state index in [1.165, 1.54) is 32.4 Å². The molecule has 0 spiro atoms. The predicted octanol–water partition coefficient (Wildman–Crippen LogP) is 0.119. The van der Waals surface area contributed by atoms with E-state index >= 15 is 0 Å². The molecule has 0 aliphatic rings. The fraction of sp³-hybridized carbons (Fsp3) is 0.364. The van der Waals surface area contributed by atoms with Crippen molar-refractivity contribution in [2.45, 2.75) is 11.3 Å². The monoisotopic (exact) mass is 288 g/mol. The third-order valence-corrected chi connectivity index (χ3v) is 3.89. The van der Waals surface area contributed by atoms with Gasteiger partial charge < -0.3 is 15.2 Å². The fourth-order valence-corrected chi connectivity index (χ4v) is 2.51. The number of carbonyl (C=O) groups is 1. The number of methoxy groups -OCH3 is 2. The van der Waals surface area contributed by atoms with E-state index in [0.717, 1.165) is 0 Å². The molecule has 0 atom stereocenters. The van der Waals surface area contributed by atoms with Crippen molar-refractivity contribution < 1.29 is 22.7 Å². The number of sulfonamides is 1. The van der Waals surface area contributed by atoms with Crippen LogP contribution in [0.2, 0.25) is 0 Å². The summed E-state index contributed by atoms with van der Waals surface area (Å²) in [6, 6.07) is 4.24. The van der Waals surface area contributed by atoms with Gasteiger partial charge >= 0.3 is 5.97 Å². The van der Waals surface area contributed by atoms with Gasteiger partial charge in [0.25, 0.3) is 0 Å². The van der Waals surface area contributed by atoms with Gasteiger partial charge in [0.15, 0.2) is 0 Å². The van der Waals surface area contributed by atoms with E-state index in [-0.39, 0.29) is 23.5 Å². The van der Waals surface area contributed by atoms with Crippen molar-refractivity contribution in [2.75, 3.05) is 26.5 Å². The summed E-state index contributed by atoms with van der Waals surface area (Å²) in [5.74, 6) is -0.0311. The molecule has 0 heterocycles. The molecule has 1 rings (SSSR count). The summed E-state index contributed by atoms with van der Waals surface area (Å²) >= 11 is 0. The van der Waals surface area contributed by atoms with Gasteiger partial charge in [-0.3, -0.25) is 4.79 Å². The van der Waals surface area contributed by atoms with Gasteiger partial charge in [-0.15, -0.1) is 0 Å². The van der Waals surface area contributed by atoms with Crippen molar-refractivity contribution in [3.8, 4) is 5.75 Å². The van der Waals surface area contributed by atoms with Crippen LogP contribution in [0.3, 0.4) is 0 Å². The van der Waals surface area contributed by atoms with Gasteiger partial charge in [0.2, 0.25) is 10.0 Å². The van der Waals surface area contributed by atoms with Gasteiger partial charge in [-0.1, -0.05) is 0 Å². The lowest BCUT2D eigenvalue weighted by Crippen LogP contribution is -2.27. The molecule has 0 aromatic heterocycles. The normalized spacial score (nSPS) is 11.1. The molecule has 0 amide bonds. The minimum absolute atomic E-state index is 0.0498. The van der Waals surface area contributed by atoms with E-state index in [0.29, 0.717) is 5.75 Å². The van der Waals surface area contributed by atoms with Crippen molar-refractivity contribution in [3.05, 3.63) is 18.2 Å². The number of hydrogen-bond acceptors (Lipinski definition) is 6. The average molecular weight is 288 g/mol. The molecule has 0 unspecified atom stereocenters. The van der Waals surface area contributed by atoms with Gasteiger partial charge in [-0.05, 0) is 12.1 Å². The molecule has 0 aliphatic heterocycles. The average Bonchev–Trinajstić information content (AvgIpc) is 2.37. The second-order valence-electron chi connectivity index (χ2n) is 3.63. The van der Waals surface area contributed by atoms with E-state index < -0.39 is 16.0 Å². The Kier molecular flexibility index (Phi) is 5.13. The van der Waals surface area contributed by atoms with Crippen LogP contribution in [0.15, 0.2) is 23.1 Å². The number of hydrogen-bond donors (Lipinski definition) is 2. The third kappa shape index (κ3) is 4.11. The highest BCUT2D eigenvalue weighted by Crippen LogP contribution is 2.23. The maximum absolute atomic E-state index is 11.9. The standard InChI is InChI=1S/C11H16N2O5S/c1-17-8-3-4-10(9(12)7-8)19(15,16)13-6-5-11(14)18-2/h3-4,7,13H,5-6,12H2,1-2H3. The minimum Gasteiger partial charge on any atom is -0.497 e. The summed E-state index contributed by atoms with van der Waals surface area (Å²) in [4.78, 5) is 10.8. The van der Waals surface area contributed by atoms with Crippen LogP contribution >= 0.6 is 0 Å². The molecular weight excluding hydrogens is 272 g/mol. The summed E-state index contributed by atoms with van der Waals surface area (Å²) in [7, 11) is -1.07. The van der Waals surface area contributed by atoms with Crippen molar-refractivity contribution in [1.29, 1.82) is 0 Å². The number of ether oxygens (including phenoxy) is 2. The summed E-state index contributed by atoms with van der Waals surface area (Å²) < 4.78 is 35.5. The summed E-state index contributed by atoms with van der Waals surface area (Å²) in [6.45, 7) is -0.0551. The van der Waals surface area contributed by atoms with Crippen LogP contribution in [-0.4, -0.2) is 35.2 Å². The number of nitrogen functional groups attached to an aromatic ring is 1. The highest BCUT2D eigenvalue weighted by atomic mass is 32.2. The molecule has 0 saturated heterocycles. The lowest BCUT2D eigenvalue weighted by Gasteiger charge is -2.09. The van der Waals surface area contributed by atoms with Crippen LogP contribution in [-0.2, 0) is 19.6 Å². The third-order valence-electron chi connectivity index (χ3n) is 2.36. The molecule has 0 aliphatic carbocycles. The topological polar surface area (TPSA) is 108 Å². The van der Waals surface area contributed by atoms with Crippen LogP contribution in [0.4, 0.5) is 5.69 Å². The number of nitrogens with one attached hydrogen (secondary N) is 1. The second-order valence-corrected chi connectivity index (χ2v) is 5.36. The Balaban J connectivity index is 2.80. The first-order chi connectivity index (χ1) is 8.90. The highest BCUT2D eigenvalue weighted by molar-refractivity contribution is 7.89. The van der Waals surface area contributed by atoms with E-state index in [4.69, 9.17) is 10.5 Å². The zero-order chi connectivity index (χ0) is 14.5. The Morgan fingerprint density at radius 3 is 2.58 bits per heavy atom. The molecule has 7 nitrogen and oxygen atoms in total. The van der Waals surface area contributed by atoms with Crippen LogP contribution < -0.4 is 15.2 Å². The Hall–Kier alpha value is -1.80. The van der Waals surface area contributed by atoms with E-state index in [2.05, 4.69) is 9.46 Å². The Bertz CT molecular complexity index is 556. The van der Waals surface area contributed by atoms with Crippen molar-refractivity contribution in [2.24, 2.45) is 0 Å². The first kappa shape index (κ1) is 15.3. The maximum atomic E-state index is 11.9. The van der Waals surface area contributed by atoms with Gasteiger partial charge in [-0.25, -0.2) is 13.1 Å². The van der Waals surface area contributed by atoms with Gasteiger partial charge in [0.05, 0.1) is 26.3 Å². The number of rotatable bonds is 6. The van der Waals surface area contributed by atoms with Crippen molar-refractivity contribution in [3.63, 3.8) is 0 Å². The first-order valence-corrected chi connectivity index (χ1v) is 6.89. The summed E-state index contributed by atoms with van der Waals surface area (Å²) in [5, 5.41) is 0. The van der Waals surface area contributed by atoms with Crippen molar-refractivity contribution in [1.82, 2.24) is 4.72 Å². The Labute approximate surface area is 111 Å². The number of esters is 1. The number of carbonyl (C=O) groups excluding carboxylic acids is 1. The van der Waals surface area contributed by atoms with Crippen LogP contribution in [0.5, 0.6) is 5.75 Å². The smallest absolute Gasteiger partial charge is 0.306 e. The van der Waals surface area contributed by atoms with Gasteiger partial charge in [-0.2, -0.15) is 0 Å². The van der Waals surface area contributed by atoms with Gasteiger partial charge in [0, 0.05) is 12.6 Å². The van der Waals surface area contributed by atoms with E-state index in [9.17, 15) is 13.2 Å². The summed E-state index contributed by atoms with van der Waals surface area (Å²) in [6.07, 6.45) is -0.0498.